The van der Waals surface area contributed by atoms with Gasteiger partial charge in [0.25, 0.3) is 0 Å². The van der Waals surface area contributed by atoms with Gasteiger partial charge in [0.2, 0.25) is 23.6 Å². The van der Waals surface area contributed by atoms with E-state index in [4.69, 9.17) is 15.2 Å². The maximum atomic E-state index is 13.5. The summed E-state index contributed by atoms with van der Waals surface area (Å²) in [4.78, 5) is 77.6. The molecular weight excluding hydrogens is 728 g/mol. The Hall–Kier alpha value is -4.58. The van der Waals surface area contributed by atoms with Crippen LogP contribution in [0, 0.1) is 0 Å². The van der Waals surface area contributed by atoms with Gasteiger partial charge in [-0.05, 0) is 69.5 Å². The molecule has 0 aromatic heterocycles. The van der Waals surface area contributed by atoms with Gasteiger partial charge in [-0.3, -0.25) is 33.7 Å². The topological polar surface area (TPSA) is 174 Å². The molecule has 4 rings (SSSR count). The smallest absolute Gasteiger partial charge is 0.325 e. The third-order valence-electron chi connectivity index (χ3n) is 9.02. The molecule has 1 aliphatic heterocycles. The van der Waals surface area contributed by atoms with Gasteiger partial charge in [0.1, 0.15) is 41.8 Å². The molecule has 14 heteroatoms. The Morgan fingerprint density at radius 3 is 1.94 bits per heavy atom. The number of rotatable bonds is 21. The van der Waals surface area contributed by atoms with Crippen LogP contribution >= 0.6 is 19.0 Å². The molecule has 1 fully saturated rings. The van der Waals surface area contributed by atoms with E-state index in [0.717, 1.165) is 24.3 Å². The van der Waals surface area contributed by atoms with Gasteiger partial charge < -0.3 is 25.8 Å². The van der Waals surface area contributed by atoms with Gasteiger partial charge in [-0.2, -0.15) is 0 Å². The van der Waals surface area contributed by atoms with Crippen molar-refractivity contribution in [3.63, 3.8) is 0 Å². The Labute approximate surface area is 321 Å². The highest BCUT2D eigenvalue weighted by molar-refractivity contribution is 8.00. The molecule has 3 atom stereocenters. The molecule has 1 unspecified atom stereocenters. The summed E-state index contributed by atoms with van der Waals surface area (Å²) < 4.78 is 9.76. The second-order valence-corrected chi connectivity index (χ2v) is 17.5. The van der Waals surface area contributed by atoms with Crippen LogP contribution in [-0.2, 0) is 38.2 Å². The summed E-state index contributed by atoms with van der Waals surface area (Å²) in [6.45, 7) is 3.43. The quantitative estimate of drug-likeness (QED) is 0.0631. The third kappa shape index (κ3) is 11.5. The van der Waals surface area contributed by atoms with Crippen molar-refractivity contribution in [1.29, 1.82) is 0 Å². The molecule has 1 heterocycles. The number of esters is 2. The lowest BCUT2D eigenvalue weighted by Gasteiger charge is -2.28. The van der Waals surface area contributed by atoms with Crippen LogP contribution in [0.4, 0.5) is 0 Å². The molecule has 288 valence electrons. The minimum Gasteiger partial charge on any atom is -0.465 e. The predicted octanol–water partition coefficient (Wildman–Crippen LogP) is 2.46. The Balaban J connectivity index is 1.39. The number of hydrogen-bond acceptors (Lipinski definition) is 10. The monoisotopic (exact) mass is 777 g/mol. The first-order valence-electron chi connectivity index (χ1n) is 18.3. The maximum absolute atomic E-state index is 13.5. The standard InChI is InChI=1S/C40H49N4O8PS/c1-3-51-37(47)27-42-38(48)33(43-35(45)23-22-32(41)40(50)52-4-2)28-54-34-26-36(46)44(39(34)49)24-14-15-25-53(29-16-8-5-9-17-29,30-18-10-6-11-19-30)31-20-12-7-13-21-31/h5-13,16-21,32-34H,3-4,14-15,22-28,41H2,1-2H3,(H-,42,43,45,48)/p+1/t32-,33-,34?/m0/s1. The summed E-state index contributed by atoms with van der Waals surface area (Å²) in [5.41, 5.74) is 5.82. The Morgan fingerprint density at radius 1 is 0.852 bits per heavy atom. The minimum atomic E-state index is -2.06. The van der Waals surface area contributed by atoms with E-state index in [1.165, 1.54) is 20.8 Å². The van der Waals surface area contributed by atoms with Crippen molar-refractivity contribution in [2.75, 3.05) is 38.2 Å². The van der Waals surface area contributed by atoms with E-state index in [-0.39, 0.29) is 56.6 Å². The molecule has 4 amide bonds. The number of nitrogens with one attached hydrogen (secondary N) is 2. The first kappa shape index (κ1) is 42.2. The van der Waals surface area contributed by atoms with Crippen LogP contribution in [0.1, 0.15) is 46.0 Å². The number of benzene rings is 3. The van der Waals surface area contributed by atoms with Crippen LogP contribution in [0.5, 0.6) is 0 Å². The zero-order valence-corrected chi connectivity index (χ0v) is 32.5. The maximum Gasteiger partial charge on any atom is 0.325 e. The molecule has 0 radical (unpaired) electrons. The summed E-state index contributed by atoms with van der Waals surface area (Å²) >= 11 is 1.10. The molecular formula is C40H50N4O8PS+. The number of imide groups is 1. The number of amides is 4. The fourth-order valence-electron chi connectivity index (χ4n) is 6.33. The predicted molar refractivity (Wildman–Crippen MR) is 212 cm³/mol. The lowest BCUT2D eigenvalue weighted by Crippen LogP contribution is -2.50. The van der Waals surface area contributed by atoms with Crippen molar-refractivity contribution in [3.8, 4) is 0 Å². The van der Waals surface area contributed by atoms with E-state index >= 15 is 0 Å². The number of hydrogen-bond donors (Lipinski definition) is 3. The van der Waals surface area contributed by atoms with Crippen LogP contribution in [0.15, 0.2) is 91.0 Å². The first-order valence-corrected chi connectivity index (χ1v) is 21.3. The van der Waals surface area contributed by atoms with Crippen LogP contribution in [-0.4, -0.2) is 96.0 Å². The molecule has 1 aliphatic rings. The molecule has 12 nitrogen and oxygen atoms in total. The van der Waals surface area contributed by atoms with Crippen molar-refractivity contribution >= 4 is 70.5 Å². The van der Waals surface area contributed by atoms with E-state index in [2.05, 4.69) is 83.4 Å². The summed E-state index contributed by atoms with van der Waals surface area (Å²) in [5, 5.41) is 8.13. The number of carbonyl (C=O) groups is 6. The van der Waals surface area contributed by atoms with Gasteiger partial charge in [-0.1, -0.05) is 54.6 Å². The number of ether oxygens (including phenoxy) is 2. The minimum absolute atomic E-state index is 0.00922. The number of nitrogens with two attached hydrogens (primary N) is 1. The average Bonchev–Trinajstić information content (AvgIpc) is 3.46. The van der Waals surface area contributed by atoms with E-state index in [1.807, 2.05) is 18.2 Å². The molecule has 1 saturated heterocycles. The van der Waals surface area contributed by atoms with E-state index < -0.39 is 54.9 Å². The summed E-state index contributed by atoms with van der Waals surface area (Å²) in [5.74, 6) is -3.16. The van der Waals surface area contributed by atoms with E-state index in [1.54, 1.807) is 13.8 Å². The van der Waals surface area contributed by atoms with Gasteiger partial charge in [-0.25, -0.2) is 0 Å². The number of unbranched alkanes of at least 4 members (excludes halogenated alkanes) is 1. The number of likely N-dealkylation sites (tertiary alicyclic amines) is 1. The fourth-order valence-corrected chi connectivity index (χ4v) is 11.9. The average molecular weight is 778 g/mol. The zero-order valence-electron chi connectivity index (χ0n) is 30.8. The van der Waals surface area contributed by atoms with Crippen molar-refractivity contribution in [2.24, 2.45) is 5.73 Å². The van der Waals surface area contributed by atoms with Crippen LogP contribution in [0.25, 0.3) is 0 Å². The van der Waals surface area contributed by atoms with Gasteiger partial charge >= 0.3 is 11.9 Å². The lowest BCUT2D eigenvalue weighted by molar-refractivity contribution is -0.145. The van der Waals surface area contributed by atoms with Crippen molar-refractivity contribution in [1.82, 2.24) is 15.5 Å². The van der Waals surface area contributed by atoms with Crippen molar-refractivity contribution < 1.29 is 38.2 Å². The highest BCUT2D eigenvalue weighted by Crippen LogP contribution is 2.55. The third-order valence-corrected chi connectivity index (χ3v) is 14.8. The number of thioether (sulfide) groups is 1. The van der Waals surface area contributed by atoms with Gasteiger partial charge in [0.05, 0.1) is 24.6 Å². The van der Waals surface area contributed by atoms with Gasteiger partial charge in [-0.15, -0.1) is 11.8 Å². The molecule has 54 heavy (non-hydrogen) atoms. The van der Waals surface area contributed by atoms with Gasteiger partial charge in [0.15, 0.2) is 0 Å². The summed E-state index contributed by atoms with van der Waals surface area (Å²) in [7, 11) is -2.06. The van der Waals surface area contributed by atoms with Crippen LogP contribution in [0.2, 0.25) is 0 Å². The Bertz CT molecular complexity index is 1620. The number of carbonyl (C=O) groups excluding carboxylic acids is 6. The normalized spacial score (nSPS) is 15.3. The highest BCUT2D eigenvalue weighted by Gasteiger charge is 2.45. The van der Waals surface area contributed by atoms with E-state index in [0.29, 0.717) is 6.42 Å². The molecule has 0 bridgehead atoms. The SMILES string of the molecule is CCOC(=O)CNC(=O)[C@H](CSC1CC(=O)N(CCCC[P+](c2ccccc2)(c2ccccc2)c2ccccc2)C1=O)NC(=O)CC[C@H](N)C(=O)OCC. The fraction of sp³-hybridized carbons (Fsp3) is 0.400. The molecule has 3 aromatic rings. The van der Waals surface area contributed by atoms with Crippen LogP contribution < -0.4 is 32.3 Å². The molecule has 0 spiro atoms. The van der Waals surface area contributed by atoms with Crippen molar-refractivity contribution in [3.05, 3.63) is 91.0 Å². The van der Waals surface area contributed by atoms with Crippen molar-refractivity contribution in [2.45, 2.75) is 63.3 Å². The van der Waals surface area contributed by atoms with E-state index in [9.17, 15) is 28.8 Å². The zero-order chi connectivity index (χ0) is 38.9. The number of nitrogens with zero attached hydrogens (tertiary/aromatic N) is 1. The molecule has 3 aromatic carbocycles. The van der Waals surface area contributed by atoms with Crippen LogP contribution in [0.3, 0.4) is 0 Å². The molecule has 0 aliphatic carbocycles. The summed E-state index contributed by atoms with van der Waals surface area (Å²) in [6.07, 6.45) is 2.04. The molecule has 4 N–H and O–H groups in total. The molecule has 0 saturated carbocycles. The highest BCUT2D eigenvalue weighted by atomic mass is 32.2. The second-order valence-electron chi connectivity index (χ2n) is 12.7. The second kappa shape index (κ2) is 21.3. The lowest BCUT2D eigenvalue weighted by atomic mass is 10.1. The Kier molecular flexibility index (Phi) is 16.7. The van der Waals surface area contributed by atoms with Gasteiger partial charge in [0, 0.05) is 25.1 Å². The largest absolute Gasteiger partial charge is 0.465 e. The Morgan fingerprint density at radius 2 is 1.41 bits per heavy atom. The summed E-state index contributed by atoms with van der Waals surface area (Å²) in [6, 6.07) is 29.4. The first-order chi connectivity index (χ1) is 26.1.